The van der Waals surface area contributed by atoms with Crippen LogP contribution in [0.1, 0.15) is 0 Å². The Kier molecular flexibility index (Phi) is 4.96. The van der Waals surface area contributed by atoms with Gasteiger partial charge in [0.25, 0.3) is 0 Å². The number of para-hydroxylation sites is 4. The highest BCUT2D eigenvalue weighted by atomic mass is 16.3. The van der Waals surface area contributed by atoms with E-state index in [2.05, 4.69) is 149 Å². The van der Waals surface area contributed by atoms with Crippen LogP contribution in [0, 0.1) is 0 Å². The number of nitrogens with zero attached hydrogens (tertiary/aromatic N) is 3. The van der Waals surface area contributed by atoms with Crippen molar-refractivity contribution in [1.29, 1.82) is 0 Å². The molecule has 1 aliphatic rings. The normalized spacial score (nSPS) is 12.4. The molecule has 0 N–H and O–H groups in total. The lowest BCUT2D eigenvalue weighted by Gasteiger charge is -2.24. The summed E-state index contributed by atoms with van der Waals surface area (Å²) in [5, 5.41) is 4.72. The summed E-state index contributed by atoms with van der Waals surface area (Å²) in [4.78, 5) is 7.57. The number of anilines is 3. The predicted molar refractivity (Wildman–Crippen MR) is 185 cm³/mol. The minimum Gasteiger partial charge on any atom is -0.456 e. The van der Waals surface area contributed by atoms with E-state index in [1.54, 1.807) is 0 Å². The van der Waals surface area contributed by atoms with Crippen molar-refractivity contribution < 1.29 is 4.42 Å². The molecule has 2 aromatic heterocycles. The Hall–Kier alpha value is -6.13. The highest BCUT2D eigenvalue weighted by Gasteiger charge is 2.30. The molecule has 3 heterocycles. The van der Waals surface area contributed by atoms with Crippen LogP contribution in [0.4, 0.5) is 17.3 Å². The molecule has 1 aliphatic heterocycles. The van der Waals surface area contributed by atoms with Crippen molar-refractivity contribution in [1.82, 2.24) is 9.55 Å². The first-order valence-corrected chi connectivity index (χ1v) is 15.2. The summed E-state index contributed by atoms with van der Waals surface area (Å²) in [7, 11) is 0. The highest BCUT2D eigenvalue weighted by molar-refractivity contribution is 6.08. The number of hydrogen-bond donors (Lipinski definition) is 0. The zero-order valence-corrected chi connectivity index (χ0v) is 24.2. The minimum absolute atomic E-state index is 0.872. The maximum Gasteiger partial charge on any atom is 0.220 e. The van der Waals surface area contributed by atoms with Gasteiger partial charge in [0.1, 0.15) is 11.2 Å². The molecule has 45 heavy (non-hydrogen) atoms. The van der Waals surface area contributed by atoms with E-state index in [0.717, 1.165) is 67.1 Å². The van der Waals surface area contributed by atoms with Gasteiger partial charge in [-0.3, -0.25) is 9.47 Å². The molecule has 0 amide bonds. The molecule has 9 aromatic rings. The van der Waals surface area contributed by atoms with Crippen molar-refractivity contribution in [2.75, 3.05) is 4.90 Å². The van der Waals surface area contributed by atoms with Gasteiger partial charge in [-0.15, -0.1) is 0 Å². The van der Waals surface area contributed by atoms with E-state index in [-0.39, 0.29) is 0 Å². The summed E-state index contributed by atoms with van der Waals surface area (Å²) in [5.41, 5.74) is 11.9. The standard InChI is InChI=1S/C41H25N3O/c1-2-10-30-27(9-1)19-23-37-40(30)32-12-3-6-14-35(32)43(41-42-34-13-5-7-15-36(34)44(37)41)29-21-17-26(18-22-29)28-20-24-39-33(25-28)31-11-4-8-16-38(31)45-39/h1-25H. The zero-order valence-electron chi connectivity index (χ0n) is 24.2. The molecule has 210 valence electrons. The lowest BCUT2D eigenvalue weighted by Crippen LogP contribution is -2.14. The van der Waals surface area contributed by atoms with Gasteiger partial charge < -0.3 is 4.42 Å². The molecule has 0 saturated heterocycles. The van der Waals surface area contributed by atoms with Crippen LogP contribution in [-0.4, -0.2) is 9.55 Å². The summed E-state index contributed by atoms with van der Waals surface area (Å²) >= 11 is 0. The highest BCUT2D eigenvalue weighted by Crippen LogP contribution is 2.49. The van der Waals surface area contributed by atoms with Crippen molar-refractivity contribution in [3.8, 4) is 27.9 Å². The lowest BCUT2D eigenvalue weighted by molar-refractivity contribution is 0.669. The maximum absolute atomic E-state index is 6.08. The van der Waals surface area contributed by atoms with Crippen molar-refractivity contribution in [3.63, 3.8) is 0 Å². The van der Waals surface area contributed by atoms with E-state index >= 15 is 0 Å². The van der Waals surface area contributed by atoms with Gasteiger partial charge >= 0.3 is 0 Å². The summed E-state index contributed by atoms with van der Waals surface area (Å²) in [6.07, 6.45) is 0. The average molecular weight is 576 g/mol. The van der Waals surface area contributed by atoms with E-state index < -0.39 is 0 Å². The van der Waals surface area contributed by atoms with Crippen LogP contribution in [0.15, 0.2) is 156 Å². The first-order valence-electron chi connectivity index (χ1n) is 15.2. The van der Waals surface area contributed by atoms with E-state index in [1.807, 2.05) is 12.1 Å². The molecule has 0 radical (unpaired) electrons. The molecule has 0 spiro atoms. The number of rotatable bonds is 2. The molecule has 7 aromatic carbocycles. The van der Waals surface area contributed by atoms with Crippen molar-refractivity contribution in [3.05, 3.63) is 152 Å². The van der Waals surface area contributed by atoms with Crippen LogP contribution in [-0.2, 0) is 0 Å². The number of benzene rings is 7. The van der Waals surface area contributed by atoms with Crippen molar-refractivity contribution >= 4 is 61.1 Å². The van der Waals surface area contributed by atoms with Gasteiger partial charge in [0.05, 0.1) is 22.4 Å². The van der Waals surface area contributed by atoms with Gasteiger partial charge in [0.2, 0.25) is 5.95 Å². The SMILES string of the molecule is c1ccc2c(c1)-c1c(ccc3ccccc13)-n1c(nc3ccccc31)N2c1ccc(-c2ccc3oc4ccccc4c3c2)cc1. The summed E-state index contributed by atoms with van der Waals surface area (Å²) in [6, 6.07) is 53.8. The Bertz CT molecular complexity index is 2610. The molecular formula is C41H25N3O. The van der Waals surface area contributed by atoms with Crippen molar-refractivity contribution in [2.24, 2.45) is 0 Å². The summed E-state index contributed by atoms with van der Waals surface area (Å²) in [5.74, 6) is 0.872. The molecule has 0 atom stereocenters. The Labute approximate surface area is 259 Å². The second-order valence-electron chi connectivity index (χ2n) is 11.6. The molecule has 0 bridgehead atoms. The fourth-order valence-corrected chi connectivity index (χ4v) is 7.08. The molecule has 0 fully saturated rings. The molecule has 4 nitrogen and oxygen atoms in total. The fraction of sp³-hybridized carbons (Fsp3) is 0. The average Bonchev–Trinajstić information content (AvgIpc) is 3.63. The zero-order chi connectivity index (χ0) is 29.5. The van der Waals surface area contributed by atoms with Gasteiger partial charge in [-0.05, 0) is 76.5 Å². The van der Waals surface area contributed by atoms with Crippen LogP contribution in [0.2, 0.25) is 0 Å². The van der Waals surface area contributed by atoms with Crippen LogP contribution in [0.5, 0.6) is 0 Å². The topological polar surface area (TPSA) is 34.2 Å². The predicted octanol–water partition coefficient (Wildman–Crippen LogP) is 11.2. The van der Waals surface area contributed by atoms with Gasteiger partial charge in [-0.25, -0.2) is 4.98 Å². The third kappa shape index (κ3) is 3.51. The molecule has 4 heteroatoms. The summed E-state index contributed by atoms with van der Waals surface area (Å²) in [6.45, 7) is 0. The van der Waals surface area contributed by atoms with E-state index in [1.165, 1.54) is 21.9 Å². The van der Waals surface area contributed by atoms with E-state index in [4.69, 9.17) is 9.40 Å². The van der Waals surface area contributed by atoms with Crippen LogP contribution in [0.25, 0.3) is 71.7 Å². The largest absolute Gasteiger partial charge is 0.456 e. The first-order chi connectivity index (χ1) is 22.3. The van der Waals surface area contributed by atoms with Crippen molar-refractivity contribution in [2.45, 2.75) is 0 Å². The smallest absolute Gasteiger partial charge is 0.220 e. The fourth-order valence-electron chi connectivity index (χ4n) is 7.08. The molecular weight excluding hydrogens is 550 g/mol. The monoisotopic (exact) mass is 575 g/mol. The molecule has 0 unspecified atom stereocenters. The Balaban J connectivity index is 1.20. The van der Waals surface area contributed by atoms with Gasteiger partial charge in [0, 0.05) is 27.6 Å². The third-order valence-corrected chi connectivity index (χ3v) is 9.14. The number of furan rings is 1. The summed E-state index contributed by atoms with van der Waals surface area (Å²) < 4.78 is 8.40. The third-order valence-electron chi connectivity index (χ3n) is 9.14. The number of fused-ring (bicyclic) bond motifs is 12. The number of aromatic nitrogens is 2. The van der Waals surface area contributed by atoms with E-state index in [0.29, 0.717) is 0 Å². The lowest BCUT2D eigenvalue weighted by atomic mass is 9.95. The first kappa shape index (κ1) is 24.3. The minimum atomic E-state index is 0.872. The van der Waals surface area contributed by atoms with Gasteiger partial charge in [-0.2, -0.15) is 0 Å². The number of hydrogen-bond acceptors (Lipinski definition) is 3. The van der Waals surface area contributed by atoms with Gasteiger partial charge in [0.15, 0.2) is 0 Å². The number of imidazole rings is 1. The molecule has 0 saturated carbocycles. The van der Waals surface area contributed by atoms with E-state index in [9.17, 15) is 0 Å². The Morgan fingerprint density at radius 2 is 1.24 bits per heavy atom. The Morgan fingerprint density at radius 3 is 2.18 bits per heavy atom. The van der Waals surface area contributed by atoms with Gasteiger partial charge in [-0.1, -0.05) is 97.1 Å². The van der Waals surface area contributed by atoms with Crippen LogP contribution < -0.4 is 4.90 Å². The van der Waals surface area contributed by atoms with Crippen LogP contribution in [0.3, 0.4) is 0 Å². The molecule has 0 aliphatic carbocycles. The second kappa shape index (κ2) is 9.18. The second-order valence-corrected chi connectivity index (χ2v) is 11.6. The molecule has 10 rings (SSSR count). The quantitative estimate of drug-likeness (QED) is 0.206. The maximum atomic E-state index is 6.08. The Morgan fingerprint density at radius 1 is 0.511 bits per heavy atom. The van der Waals surface area contributed by atoms with Crippen LogP contribution >= 0.6 is 0 Å².